The van der Waals surface area contributed by atoms with Crippen molar-refractivity contribution in [2.24, 2.45) is 0 Å². The summed E-state index contributed by atoms with van der Waals surface area (Å²) < 4.78 is 4.92. The molecule has 3 heteroatoms. The lowest BCUT2D eigenvalue weighted by Gasteiger charge is -2.33. The molecule has 2 heterocycles. The molecular formula is C75H47N3. The van der Waals surface area contributed by atoms with Gasteiger partial charge in [-0.3, -0.25) is 0 Å². The van der Waals surface area contributed by atoms with Crippen LogP contribution in [0, 0.1) is 0 Å². The summed E-state index contributed by atoms with van der Waals surface area (Å²) in [5.74, 6) is 0. The molecule has 0 saturated carbocycles. The van der Waals surface area contributed by atoms with Crippen molar-refractivity contribution in [2.75, 3.05) is 4.90 Å². The average Bonchev–Trinajstić information content (AvgIpc) is 4.36. The predicted octanol–water partition coefficient (Wildman–Crippen LogP) is 19.7. The maximum Gasteiger partial charge on any atom is 0.0731 e. The minimum absolute atomic E-state index is 0.534. The minimum atomic E-state index is -0.534. The molecule has 15 aromatic rings. The Morgan fingerprint density at radius 2 is 0.692 bits per heavy atom. The van der Waals surface area contributed by atoms with E-state index in [9.17, 15) is 0 Å². The van der Waals surface area contributed by atoms with Gasteiger partial charge < -0.3 is 14.0 Å². The number of nitrogens with zero attached hydrogens (tertiary/aromatic N) is 3. The first kappa shape index (κ1) is 43.1. The Hall–Kier alpha value is -10.2. The van der Waals surface area contributed by atoms with Gasteiger partial charge in [-0.1, -0.05) is 218 Å². The zero-order chi connectivity index (χ0) is 51.1. The molecule has 0 radical (unpaired) electrons. The van der Waals surface area contributed by atoms with Crippen LogP contribution in [-0.4, -0.2) is 9.13 Å². The van der Waals surface area contributed by atoms with E-state index in [0.29, 0.717) is 0 Å². The molecule has 0 amide bonds. The van der Waals surface area contributed by atoms with Crippen molar-refractivity contribution in [3.63, 3.8) is 0 Å². The van der Waals surface area contributed by atoms with E-state index in [2.05, 4.69) is 299 Å². The lowest BCUT2D eigenvalue weighted by molar-refractivity contribution is 0.796. The highest BCUT2D eigenvalue weighted by Gasteiger charge is 2.52. The van der Waals surface area contributed by atoms with Crippen molar-refractivity contribution in [2.45, 2.75) is 5.41 Å². The molecular weight excluding hydrogens is 943 g/mol. The molecule has 3 nitrogen and oxygen atoms in total. The lowest BCUT2D eigenvalue weighted by Crippen LogP contribution is -2.26. The van der Waals surface area contributed by atoms with E-state index >= 15 is 0 Å². The summed E-state index contributed by atoms with van der Waals surface area (Å²) in [5.41, 5.74) is 22.5. The van der Waals surface area contributed by atoms with Crippen molar-refractivity contribution in [1.82, 2.24) is 9.13 Å². The molecule has 0 aliphatic heterocycles. The largest absolute Gasteiger partial charge is 0.310 e. The molecule has 0 atom stereocenters. The average molecular weight is 990 g/mol. The summed E-state index contributed by atoms with van der Waals surface area (Å²) in [4.78, 5) is 2.53. The molecule has 1 spiro atoms. The van der Waals surface area contributed by atoms with Crippen LogP contribution in [0.4, 0.5) is 17.1 Å². The van der Waals surface area contributed by atoms with Gasteiger partial charge in [0.05, 0.1) is 33.2 Å². The van der Waals surface area contributed by atoms with E-state index in [1.165, 1.54) is 104 Å². The summed E-state index contributed by atoms with van der Waals surface area (Å²) in [5, 5.41) is 9.84. The molecule has 2 aromatic heterocycles. The number of fused-ring (bicyclic) bond motifs is 19. The Labute approximate surface area is 451 Å². The predicted molar refractivity (Wildman–Crippen MR) is 327 cm³/mol. The number of rotatable bonds is 6. The molecule has 0 unspecified atom stereocenters. The summed E-state index contributed by atoms with van der Waals surface area (Å²) in [6.45, 7) is 0. The number of aromatic nitrogens is 2. The molecule has 78 heavy (non-hydrogen) atoms. The third-order valence-corrected chi connectivity index (χ3v) is 17.3. The van der Waals surface area contributed by atoms with Gasteiger partial charge in [0.2, 0.25) is 0 Å². The highest BCUT2D eigenvalue weighted by Crippen LogP contribution is 2.65. The first-order valence-corrected chi connectivity index (χ1v) is 27.1. The van der Waals surface area contributed by atoms with Gasteiger partial charge in [0.1, 0.15) is 0 Å². The third kappa shape index (κ3) is 5.87. The van der Waals surface area contributed by atoms with Crippen LogP contribution in [0.1, 0.15) is 22.3 Å². The third-order valence-electron chi connectivity index (χ3n) is 17.3. The quantitative estimate of drug-likeness (QED) is 0.151. The van der Waals surface area contributed by atoms with Crippen LogP contribution < -0.4 is 4.90 Å². The van der Waals surface area contributed by atoms with E-state index in [1.807, 2.05) is 0 Å². The molecule has 0 bridgehead atoms. The van der Waals surface area contributed by atoms with Gasteiger partial charge in [-0.2, -0.15) is 0 Å². The molecule has 2 aliphatic carbocycles. The van der Waals surface area contributed by atoms with Gasteiger partial charge in [-0.15, -0.1) is 0 Å². The van der Waals surface area contributed by atoms with Gasteiger partial charge in [-0.05, 0) is 138 Å². The molecule has 0 N–H and O–H groups in total. The molecule has 2 aliphatic rings. The fraction of sp³-hybridized carbons (Fsp3) is 0.0133. The Morgan fingerprint density at radius 3 is 1.32 bits per heavy atom. The second-order valence-corrected chi connectivity index (χ2v) is 21.1. The number of hydrogen-bond donors (Lipinski definition) is 0. The van der Waals surface area contributed by atoms with Crippen LogP contribution in [-0.2, 0) is 5.41 Å². The molecule has 17 rings (SSSR count). The van der Waals surface area contributed by atoms with Gasteiger partial charge >= 0.3 is 0 Å². The van der Waals surface area contributed by atoms with E-state index in [0.717, 1.165) is 45.0 Å². The topological polar surface area (TPSA) is 13.1 Å². The maximum atomic E-state index is 2.53. The first-order chi connectivity index (χ1) is 38.7. The second kappa shape index (κ2) is 16.4. The van der Waals surface area contributed by atoms with E-state index in [-0.39, 0.29) is 0 Å². The van der Waals surface area contributed by atoms with Crippen LogP contribution in [0.15, 0.2) is 285 Å². The van der Waals surface area contributed by atoms with Crippen LogP contribution in [0.5, 0.6) is 0 Å². The number of hydrogen-bond acceptors (Lipinski definition) is 1. The lowest BCUT2D eigenvalue weighted by atomic mass is 9.68. The van der Waals surface area contributed by atoms with Crippen LogP contribution in [0.25, 0.3) is 110 Å². The zero-order valence-corrected chi connectivity index (χ0v) is 42.5. The Balaban J connectivity index is 0.959. The smallest absolute Gasteiger partial charge is 0.0731 e. The normalized spacial score (nSPS) is 13.0. The second-order valence-electron chi connectivity index (χ2n) is 21.1. The Kier molecular flexibility index (Phi) is 9.05. The van der Waals surface area contributed by atoms with E-state index in [1.54, 1.807) is 0 Å². The first-order valence-electron chi connectivity index (χ1n) is 27.1. The van der Waals surface area contributed by atoms with Crippen LogP contribution in [0.2, 0.25) is 0 Å². The summed E-state index contributed by atoms with van der Waals surface area (Å²) in [7, 11) is 0. The Morgan fingerprint density at radius 1 is 0.256 bits per heavy atom. The number of para-hydroxylation sites is 4. The summed E-state index contributed by atoms with van der Waals surface area (Å²) >= 11 is 0. The highest BCUT2D eigenvalue weighted by atomic mass is 15.2. The fourth-order valence-electron chi connectivity index (χ4n) is 14.2. The number of anilines is 3. The SMILES string of the molecule is c1ccc(-n2c3ccccc3c3ccc(N(c4ccc5c6ccccc6n(-c6ccc7ccc8ccccc8c7c6)c5c4)c4ccccc4-c4cccc5c4C4(c6ccccc6-c6ccccc64)c4ccccc4-5)cc32)cc1. The molecule has 0 fully saturated rings. The summed E-state index contributed by atoms with van der Waals surface area (Å²) in [6, 6.07) is 107. The van der Waals surface area contributed by atoms with Crippen LogP contribution in [0.3, 0.4) is 0 Å². The maximum absolute atomic E-state index is 2.53. The van der Waals surface area contributed by atoms with Gasteiger partial charge in [-0.25, -0.2) is 0 Å². The van der Waals surface area contributed by atoms with E-state index in [4.69, 9.17) is 0 Å². The molecule has 13 aromatic carbocycles. The van der Waals surface area contributed by atoms with Gasteiger partial charge in [0, 0.05) is 49.9 Å². The monoisotopic (exact) mass is 989 g/mol. The number of benzene rings is 13. The molecule has 0 saturated heterocycles. The van der Waals surface area contributed by atoms with Crippen LogP contribution >= 0.6 is 0 Å². The van der Waals surface area contributed by atoms with Crippen molar-refractivity contribution in [3.05, 3.63) is 307 Å². The minimum Gasteiger partial charge on any atom is -0.310 e. The van der Waals surface area contributed by atoms with Crippen molar-refractivity contribution in [1.29, 1.82) is 0 Å². The van der Waals surface area contributed by atoms with Gasteiger partial charge in [0.25, 0.3) is 0 Å². The van der Waals surface area contributed by atoms with E-state index < -0.39 is 5.41 Å². The standard InChI is InChI=1S/C75H47N3/c1-2-20-50(21-3-1)77-70-35-16-9-26-58(70)61-43-41-52(46-72(61)77)76(53-42-44-62-59-27-10-17-36-71(59)78(73(62)47-53)51-40-39-49-38-37-48-19-4-5-22-54(48)65(49)45-51)69-34-15-11-28-60(69)64-30-18-29-63-57-25-8-14-33-68(57)75(74(63)64)66-31-12-6-23-55(66)56-24-7-13-32-67(56)75/h1-47H. The highest BCUT2D eigenvalue weighted by molar-refractivity contribution is 6.14. The summed E-state index contributed by atoms with van der Waals surface area (Å²) in [6.07, 6.45) is 0. The van der Waals surface area contributed by atoms with Crippen molar-refractivity contribution < 1.29 is 0 Å². The van der Waals surface area contributed by atoms with Crippen molar-refractivity contribution >= 4 is 82.2 Å². The van der Waals surface area contributed by atoms with Gasteiger partial charge in [0.15, 0.2) is 0 Å². The molecule has 362 valence electrons. The fourth-order valence-corrected chi connectivity index (χ4v) is 14.2. The van der Waals surface area contributed by atoms with Crippen molar-refractivity contribution in [3.8, 4) is 44.8 Å². The Bertz CT molecular complexity index is 4930. The zero-order valence-electron chi connectivity index (χ0n) is 42.5.